The average molecular weight is 794 g/mol. The SMILES string of the molecule is [2H]C1(c2cc3c(cc2-c2cc(-n4c5ccccc5n5c6ccccc6nc45)cc4c2Oc2ccccc2C4(C([2H])([2H])[2H])C([2H])([2H])[2H])-c2ccccc2-c2ncccc2-c2ccccc2-3)CCCC1. The first-order chi connectivity index (χ1) is 32.9. The summed E-state index contributed by atoms with van der Waals surface area (Å²) in [6.07, 6.45) is 4.75. The summed E-state index contributed by atoms with van der Waals surface area (Å²) in [6.45, 7) is -6.20. The number of fused-ring (bicyclic) bond motifs is 15. The second-order valence-corrected chi connectivity index (χ2v) is 16.5. The molecule has 1 aliphatic heterocycles. The van der Waals surface area contributed by atoms with Gasteiger partial charge in [-0.25, -0.2) is 4.98 Å². The molecule has 2 aliphatic carbocycles. The van der Waals surface area contributed by atoms with E-state index in [1.165, 1.54) is 0 Å². The van der Waals surface area contributed by atoms with Gasteiger partial charge in [0.15, 0.2) is 0 Å². The lowest BCUT2D eigenvalue weighted by molar-refractivity contribution is 0.419. The third kappa shape index (κ3) is 4.95. The molecule has 7 aromatic carbocycles. The van der Waals surface area contributed by atoms with Crippen LogP contribution in [0.5, 0.6) is 11.5 Å². The van der Waals surface area contributed by atoms with Gasteiger partial charge in [-0.3, -0.25) is 14.0 Å². The second-order valence-electron chi connectivity index (χ2n) is 16.5. The van der Waals surface area contributed by atoms with Gasteiger partial charge in [-0.15, -0.1) is 0 Å². The molecule has 292 valence electrons. The Bertz CT molecular complexity index is 3730. The summed E-state index contributed by atoms with van der Waals surface area (Å²) < 4.78 is 77.9. The molecule has 5 nitrogen and oxygen atoms in total. The van der Waals surface area contributed by atoms with Crippen LogP contribution in [-0.2, 0) is 5.41 Å². The first-order valence-corrected chi connectivity index (χ1v) is 21.0. The zero-order chi connectivity index (χ0) is 46.3. The number of hydrogen-bond donors (Lipinski definition) is 0. The number of nitrogens with zero attached hydrogens (tertiary/aromatic N) is 4. The van der Waals surface area contributed by atoms with Crippen molar-refractivity contribution in [3.05, 3.63) is 181 Å². The van der Waals surface area contributed by atoms with Gasteiger partial charge in [0.25, 0.3) is 0 Å². The summed E-state index contributed by atoms with van der Waals surface area (Å²) >= 11 is 0. The molecular weight excluding hydrogens is 745 g/mol. The van der Waals surface area contributed by atoms with E-state index in [0.717, 1.165) is 85.1 Å². The van der Waals surface area contributed by atoms with E-state index >= 15 is 0 Å². The number of hydrogen-bond acceptors (Lipinski definition) is 3. The number of aromatic nitrogens is 4. The fourth-order valence-electron chi connectivity index (χ4n) is 10.4. The zero-order valence-electron chi connectivity index (χ0n) is 40.1. The van der Waals surface area contributed by atoms with Crippen LogP contribution in [0.15, 0.2) is 164 Å². The maximum Gasteiger partial charge on any atom is 0.220 e. The van der Waals surface area contributed by atoms with Crippen LogP contribution < -0.4 is 4.74 Å². The van der Waals surface area contributed by atoms with E-state index in [2.05, 4.69) is 46.9 Å². The third-order valence-corrected chi connectivity index (χ3v) is 13.2. The van der Waals surface area contributed by atoms with Crippen LogP contribution in [0.25, 0.3) is 89.3 Å². The number of para-hydroxylation sites is 5. The lowest BCUT2D eigenvalue weighted by atomic mass is 9.73. The van der Waals surface area contributed by atoms with Crippen LogP contribution in [-0.4, -0.2) is 18.9 Å². The van der Waals surface area contributed by atoms with Crippen molar-refractivity contribution >= 4 is 27.8 Å². The van der Waals surface area contributed by atoms with Crippen molar-refractivity contribution < 1.29 is 14.3 Å². The minimum atomic E-state index is -3.10. The summed E-state index contributed by atoms with van der Waals surface area (Å²) in [5.74, 6) is -0.178. The molecule has 1 saturated carbocycles. The minimum absolute atomic E-state index is 0.0164. The van der Waals surface area contributed by atoms with E-state index in [1.54, 1.807) is 30.3 Å². The summed E-state index contributed by atoms with van der Waals surface area (Å²) in [5, 5.41) is 0. The molecule has 61 heavy (non-hydrogen) atoms. The van der Waals surface area contributed by atoms with E-state index in [9.17, 15) is 9.60 Å². The lowest BCUT2D eigenvalue weighted by Crippen LogP contribution is -2.25. The average Bonchev–Trinajstić information content (AvgIpc) is 4.04. The van der Waals surface area contributed by atoms with Crippen molar-refractivity contribution in [2.45, 2.75) is 50.7 Å². The largest absolute Gasteiger partial charge is 0.456 e. The van der Waals surface area contributed by atoms with E-state index in [-0.39, 0.29) is 22.6 Å². The molecule has 0 spiro atoms. The third-order valence-electron chi connectivity index (χ3n) is 13.2. The van der Waals surface area contributed by atoms with E-state index in [4.69, 9.17) is 14.7 Å². The summed E-state index contributed by atoms with van der Waals surface area (Å²) in [6, 6.07) is 51.2. The van der Waals surface area contributed by atoms with Gasteiger partial charge in [0, 0.05) is 49.0 Å². The van der Waals surface area contributed by atoms with Crippen LogP contribution >= 0.6 is 0 Å². The van der Waals surface area contributed by atoms with Crippen molar-refractivity contribution in [1.82, 2.24) is 18.9 Å². The van der Waals surface area contributed by atoms with Crippen LogP contribution in [0.4, 0.5) is 0 Å². The molecule has 13 rings (SSSR count). The molecule has 1 fully saturated rings. The number of rotatable bonds is 3. The zero-order valence-corrected chi connectivity index (χ0v) is 33.1. The first-order valence-electron chi connectivity index (χ1n) is 24.5. The van der Waals surface area contributed by atoms with Gasteiger partial charge in [0.05, 0.1) is 33.4 Å². The van der Waals surface area contributed by atoms with Gasteiger partial charge < -0.3 is 4.74 Å². The Morgan fingerprint density at radius 3 is 2.07 bits per heavy atom. The van der Waals surface area contributed by atoms with Crippen molar-refractivity contribution in [2.75, 3.05) is 0 Å². The fourth-order valence-corrected chi connectivity index (χ4v) is 10.4. The second kappa shape index (κ2) is 12.9. The van der Waals surface area contributed by atoms with Crippen LogP contribution in [0, 0.1) is 0 Å². The molecule has 3 aromatic heterocycles. The van der Waals surface area contributed by atoms with Gasteiger partial charge >= 0.3 is 0 Å². The number of benzene rings is 7. The predicted octanol–water partition coefficient (Wildman–Crippen LogP) is 14.6. The number of imidazole rings is 2. The summed E-state index contributed by atoms with van der Waals surface area (Å²) in [4.78, 5) is 10.2. The highest BCUT2D eigenvalue weighted by atomic mass is 16.5. The quantitative estimate of drug-likeness (QED) is 0.179. The molecule has 10 aromatic rings. The molecule has 5 heteroatoms. The first kappa shape index (κ1) is 28.3. The Morgan fingerprint density at radius 2 is 1.25 bits per heavy atom. The Labute approximate surface area is 364 Å². The molecule has 4 heterocycles. The highest BCUT2D eigenvalue weighted by Gasteiger charge is 2.38. The minimum Gasteiger partial charge on any atom is -0.456 e. The Hall–Kier alpha value is -7.24. The number of ether oxygens (including phenoxy) is 1. The topological polar surface area (TPSA) is 44.4 Å². The smallest absolute Gasteiger partial charge is 0.220 e. The van der Waals surface area contributed by atoms with Crippen molar-refractivity contribution in [3.8, 4) is 73.0 Å². The van der Waals surface area contributed by atoms with E-state index in [1.807, 2.05) is 95.7 Å². The van der Waals surface area contributed by atoms with Crippen molar-refractivity contribution in [3.63, 3.8) is 0 Å². The molecule has 0 bridgehead atoms. The molecular formula is C56H42N4O. The van der Waals surface area contributed by atoms with Gasteiger partial charge in [-0.05, 0) is 118 Å². The molecule has 0 unspecified atom stereocenters. The molecule has 0 N–H and O–H groups in total. The van der Waals surface area contributed by atoms with Crippen molar-refractivity contribution in [2.24, 2.45) is 0 Å². The van der Waals surface area contributed by atoms with Crippen LogP contribution in [0.3, 0.4) is 0 Å². The molecule has 0 radical (unpaired) electrons. The lowest BCUT2D eigenvalue weighted by Gasteiger charge is -2.36. The van der Waals surface area contributed by atoms with Crippen LogP contribution in [0.1, 0.15) is 71.6 Å². The predicted molar refractivity (Wildman–Crippen MR) is 248 cm³/mol. The standard InChI is InChI=1S/C56H42N4O/c1-56(2)46-23-9-14-28-52(46)61-54-45(30-35(31-47(54)56)59-50-26-12-13-27-51(50)60-49-25-11-10-24-48(49)58-55(59)60)44-33-43-38-20-7-8-21-39(38)53-40(22-15-29-57-53)36-18-5-6-19-37(36)42(43)32-41(44)34-16-3-4-17-34/h5-15,18-34H,3-4,16-17H2,1-2H3/i1D3,2D3,34D. The van der Waals surface area contributed by atoms with Gasteiger partial charge in [0.1, 0.15) is 11.5 Å². The highest BCUT2D eigenvalue weighted by molar-refractivity contribution is 6.04. The van der Waals surface area contributed by atoms with E-state index in [0.29, 0.717) is 35.4 Å². The summed E-state index contributed by atoms with van der Waals surface area (Å²) in [5.41, 5.74) is 10.9. The molecule has 0 saturated heterocycles. The van der Waals surface area contributed by atoms with Crippen molar-refractivity contribution in [1.29, 1.82) is 0 Å². The monoisotopic (exact) mass is 793 g/mol. The molecule has 3 aliphatic rings. The molecule has 0 amide bonds. The van der Waals surface area contributed by atoms with Crippen LogP contribution in [0.2, 0.25) is 0 Å². The molecule has 0 atom stereocenters. The number of pyridine rings is 1. The van der Waals surface area contributed by atoms with Gasteiger partial charge in [-0.2, -0.15) is 0 Å². The maximum absolute atomic E-state index is 10.4. The Balaban J connectivity index is 1.22. The Morgan fingerprint density at radius 1 is 0.590 bits per heavy atom. The highest BCUT2D eigenvalue weighted by Crippen LogP contribution is 2.56. The fraction of sp³-hybridized carbons (Fsp3) is 0.143. The normalized spacial score (nSPS) is 17.6. The van der Waals surface area contributed by atoms with Gasteiger partial charge in [-0.1, -0.05) is 124 Å². The maximum atomic E-state index is 10.4. The Kier molecular flexibility index (Phi) is 5.97. The van der Waals surface area contributed by atoms with E-state index < -0.39 is 25.0 Å². The summed E-state index contributed by atoms with van der Waals surface area (Å²) in [7, 11) is 0. The van der Waals surface area contributed by atoms with Gasteiger partial charge in [0.2, 0.25) is 5.78 Å².